The molecule has 9 nitrogen and oxygen atoms in total. The van der Waals surface area contributed by atoms with Crippen LogP contribution in [0.15, 0.2) is 12.7 Å². The van der Waals surface area contributed by atoms with Gasteiger partial charge in [-0.05, 0) is 0 Å². The highest BCUT2D eigenvalue weighted by Crippen LogP contribution is 2.31. The second kappa shape index (κ2) is 4.94. The van der Waals surface area contributed by atoms with Crippen LogP contribution in [0.5, 0.6) is 0 Å². The number of ether oxygens (including phenoxy) is 1. The molecule has 108 valence electrons. The van der Waals surface area contributed by atoms with Crippen molar-refractivity contribution in [3.63, 3.8) is 0 Å². The van der Waals surface area contributed by atoms with E-state index in [4.69, 9.17) is 9.84 Å². The molecule has 20 heavy (non-hydrogen) atoms. The zero-order valence-corrected chi connectivity index (χ0v) is 10.7. The summed E-state index contributed by atoms with van der Waals surface area (Å²) in [7, 11) is 1.72. The van der Waals surface area contributed by atoms with Gasteiger partial charge in [0.25, 0.3) is 0 Å². The van der Waals surface area contributed by atoms with Crippen molar-refractivity contribution in [2.45, 2.75) is 24.5 Å². The molecule has 0 aromatic carbocycles. The highest BCUT2D eigenvalue weighted by molar-refractivity contribution is 5.82. The third-order valence-electron chi connectivity index (χ3n) is 3.39. The summed E-state index contributed by atoms with van der Waals surface area (Å²) in [6.45, 7) is -0.377. The lowest BCUT2D eigenvalue weighted by atomic mass is 10.1. The fourth-order valence-electron chi connectivity index (χ4n) is 2.33. The van der Waals surface area contributed by atoms with Crippen molar-refractivity contribution in [2.24, 2.45) is 0 Å². The first-order chi connectivity index (χ1) is 9.67. The molecule has 0 aliphatic carbocycles. The van der Waals surface area contributed by atoms with Crippen LogP contribution in [0.3, 0.4) is 0 Å². The fourth-order valence-corrected chi connectivity index (χ4v) is 2.33. The van der Waals surface area contributed by atoms with Crippen molar-refractivity contribution >= 4 is 17.0 Å². The minimum atomic E-state index is -1.17. The predicted octanol–water partition coefficient (Wildman–Crippen LogP) is -1.52. The number of rotatable bonds is 3. The van der Waals surface area contributed by atoms with Gasteiger partial charge in [-0.15, -0.1) is 0 Å². The molecule has 9 heteroatoms. The van der Waals surface area contributed by atoms with Gasteiger partial charge in [0, 0.05) is 7.05 Å². The summed E-state index contributed by atoms with van der Waals surface area (Å²) >= 11 is 0. The summed E-state index contributed by atoms with van der Waals surface area (Å²) in [4.78, 5) is 12.3. The first-order valence-electron chi connectivity index (χ1n) is 6.15. The number of hydrogen-bond donors (Lipinski definition) is 4. The Hall–Kier alpha value is -1.81. The number of fused-ring (bicyclic) bond motifs is 1. The van der Waals surface area contributed by atoms with E-state index in [9.17, 15) is 10.2 Å². The maximum absolute atomic E-state index is 10.0. The van der Waals surface area contributed by atoms with Gasteiger partial charge in [-0.3, -0.25) is 4.57 Å². The molecule has 2 aromatic rings. The zero-order valence-electron chi connectivity index (χ0n) is 10.7. The Bertz CT molecular complexity index is 618. The van der Waals surface area contributed by atoms with Gasteiger partial charge in [-0.25, -0.2) is 15.0 Å². The number of aliphatic hydroxyl groups is 3. The number of anilines is 1. The molecule has 3 heterocycles. The number of nitrogens with zero attached hydrogens (tertiary/aromatic N) is 4. The molecule has 4 atom stereocenters. The minimum absolute atomic E-state index is 0.377. The molecule has 0 bridgehead atoms. The third-order valence-corrected chi connectivity index (χ3v) is 3.39. The predicted molar refractivity (Wildman–Crippen MR) is 67.9 cm³/mol. The van der Waals surface area contributed by atoms with Gasteiger partial charge < -0.3 is 25.4 Å². The van der Waals surface area contributed by atoms with Crippen LogP contribution >= 0.6 is 0 Å². The molecule has 0 radical (unpaired) electrons. The van der Waals surface area contributed by atoms with E-state index in [1.54, 1.807) is 7.05 Å². The van der Waals surface area contributed by atoms with Crippen molar-refractivity contribution in [1.82, 2.24) is 19.5 Å². The standard InChI is InChI=1S/C11H15N5O4/c1-12-9-6-10(14-3-13-9)16(4-15-6)11-8(19)7(18)5(2-17)20-11/h3-5,7-8,11,17-19H,2H2,1H3,(H,12,13,14)/t5-,7+,8+,11-/m1/s1. The van der Waals surface area contributed by atoms with E-state index in [1.165, 1.54) is 17.2 Å². The Labute approximate surface area is 113 Å². The highest BCUT2D eigenvalue weighted by Gasteiger charge is 2.43. The Balaban J connectivity index is 2.03. The first kappa shape index (κ1) is 13.2. The third kappa shape index (κ3) is 1.83. The number of nitrogens with one attached hydrogen (secondary N) is 1. The number of aliphatic hydroxyl groups excluding tert-OH is 3. The van der Waals surface area contributed by atoms with Crippen LogP contribution in [0.25, 0.3) is 11.2 Å². The van der Waals surface area contributed by atoms with Crippen LogP contribution in [0, 0.1) is 0 Å². The topological polar surface area (TPSA) is 126 Å². The molecule has 1 aliphatic rings. The number of aromatic nitrogens is 4. The van der Waals surface area contributed by atoms with Gasteiger partial charge in [0.2, 0.25) is 0 Å². The van der Waals surface area contributed by atoms with E-state index < -0.39 is 24.5 Å². The van der Waals surface area contributed by atoms with Gasteiger partial charge in [0.05, 0.1) is 12.9 Å². The highest BCUT2D eigenvalue weighted by atomic mass is 16.6. The van der Waals surface area contributed by atoms with E-state index in [1.807, 2.05) is 0 Å². The summed E-state index contributed by atoms with van der Waals surface area (Å²) in [5, 5.41) is 31.8. The Morgan fingerprint density at radius 1 is 1.30 bits per heavy atom. The van der Waals surface area contributed by atoms with Crippen molar-refractivity contribution in [3.05, 3.63) is 12.7 Å². The smallest absolute Gasteiger partial charge is 0.167 e. The molecule has 0 unspecified atom stereocenters. The number of imidazole rings is 1. The van der Waals surface area contributed by atoms with Crippen molar-refractivity contribution in [2.75, 3.05) is 19.0 Å². The largest absolute Gasteiger partial charge is 0.394 e. The molecule has 0 amide bonds. The molecular weight excluding hydrogens is 266 g/mol. The van der Waals surface area contributed by atoms with Crippen molar-refractivity contribution < 1.29 is 20.1 Å². The van der Waals surface area contributed by atoms with E-state index in [0.29, 0.717) is 17.0 Å². The average Bonchev–Trinajstić information content (AvgIpc) is 3.01. The molecule has 3 rings (SSSR count). The van der Waals surface area contributed by atoms with Crippen LogP contribution in [0.1, 0.15) is 6.23 Å². The van der Waals surface area contributed by atoms with Crippen LogP contribution in [-0.2, 0) is 4.74 Å². The van der Waals surface area contributed by atoms with Gasteiger partial charge >= 0.3 is 0 Å². The average molecular weight is 281 g/mol. The van der Waals surface area contributed by atoms with Gasteiger partial charge in [-0.2, -0.15) is 0 Å². The number of hydrogen-bond acceptors (Lipinski definition) is 8. The molecule has 1 aliphatic heterocycles. The second-order valence-electron chi connectivity index (χ2n) is 4.53. The zero-order chi connectivity index (χ0) is 14.3. The van der Waals surface area contributed by atoms with Crippen molar-refractivity contribution in [1.29, 1.82) is 0 Å². The first-order valence-corrected chi connectivity index (χ1v) is 6.15. The molecule has 0 spiro atoms. The lowest BCUT2D eigenvalue weighted by molar-refractivity contribution is -0.0511. The van der Waals surface area contributed by atoms with Gasteiger partial charge in [-0.1, -0.05) is 0 Å². The van der Waals surface area contributed by atoms with E-state index >= 15 is 0 Å². The quantitative estimate of drug-likeness (QED) is 0.534. The summed E-state index contributed by atoms with van der Waals surface area (Å²) in [5.74, 6) is 0.556. The van der Waals surface area contributed by atoms with E-state index in [0.717, 1.165) is 0 Å². The lowest BCUT2D eigenvalue weighted by Crippen LogP contribution is -2.33. The maximum Gasteiger partial charge on any atom is 0.167 e. The second-order valence-corrected chi connectivity index (χ2v) is 4.53. The summed E-state index contributed by atoms with van der Waals surface area (Å²) in [6.07, 6.45) is -1.19. The van der Waals surface area contributed by atoms with Crippen LogP contribution in [0.4, 0.5) is 5.82 Å². The van der Waals surface area contributed by atoms with Crippen LogP contribution < -0.4 is 5.32 Å². The van der Waals surface area contributed by atoms with E-state index in [2.05, 4.69) is 20.3 Å². The molecular formula is C11H15N5O4. The minimum Gasteiger partial charge on any atom is -0.394 e. The fraction of sp³-hybridized carbons (Fsp3) is 0.545. The summed E-state index contributed by atoms with van der Waals surface area (Å²) < 4.78 is 6.97. The lowest BCUT2D eigenvalue weighted by Gasteiger charge is -2.16. The molecule has 2 aromatic heterocycles. The molecule has 1 saturated heterocycles. The van der Waals surface area contributed by atoms with Crippen LogP contribution in [-0.4, -0.2) is 66.8 Å². The summed E-state index contributed by atoms with van der Waals surface area (Å²) in [5.41, 5.74) is 1.01. The van der Waals surface area contributed by atoms with Crippen LogP contribution in [0.2, 0.25) is 0 Å². The Kier molecular flexibility index (Phi) is 3.26. The molecule has 1 fully saturated rings. The maximum atomic E-state index is 10.0. The Morgan fingerprint density at radius 3 is 2.75 bits per heavy atom. The SMILES string of the molecule is CNc1ncnc2c1ncn2[C@@H]1O[C@H](CO)[C@H](O)[C@@H]1O. The van der Waals surface area contributed by atoms with Gasteiger partial charge in [0.15, 0.2) is 17.7 Å². The monoisotopic (exact) mass is 281 g/mol. The molecule has 0 saturated carbocycles. The Morgan fingerprint density at radius 2 is 2.10 bits per heavy atom. The normalized spacial score (nSPS) is 30.0. The summed E-state index contributed by atoms with van der Waals surface area (Å²) in [6, 6.07) is 0. The molecule has 4 N–H and O–H groups in total. The van der Waals surface area contributed by atoms with E-state index in [-0.39, 0.29) is 6.61 Å². The van der Waals surface area contributed by atoms with Crippen molar-refractivity contribution in [3.8, 4) is 0 Å². The van der Waals surface area contributed by atoms with Gasteiger partial charge in [0.1, 0.15) is 30.2 Å².